The normalized spacial score (nSPS) is 17.9. The molecule has 0 spiro atoms. The zero-order chi connectivity index (χ0) is 27.8. The Morgan fingerprint density at radius 1 is 1.23 bits per heavy atom. The van der Waals surface area contributed by atoms with Gasteiger partial charge < -0.3 is 14.6 Å². The third-order valence-corrected chi connectivity index (χ3v) is 6.96. The molecule has 5 rings (SSSR count). The molecule has 10 nitrogen and oxygen atoms in total. The number of nitrogens with zero attached hydrogens (tertiary/aromatic N) is 6. The molecule has 0 amide bonds. The molecule has 0 saturated carbocycles. The van der Waals surface area contributed by atoms with E-state index in [2.05, 4.69) is 27.1 Å². The molecule has 0 fully saturated rings. The molecular weight excluding hydrogens is 501 g/mol. The largest absolute Gasteiger partial charge is 0.473 e. The molecule has 2 N–H and O–H groups in total. The standard InChI is InChI=1S/C28H36FN7O3/c1-7-35-13-18(5)39-28-22(12-30-34(28)6)20-10-21-24(31-32-25(21)11-23(20)29)9-8-19-26(14-35)36(17(4)15-37)33-27(19)38-16(2)3/h8-12,16-18,37H,7,13-15H2,1-6H3,(H,31,32)/b9-8+/t17-,18-/m0/s1. The summed E-state index contributed by atoms with van der Waals surface area (Å²) < 4.78 is 31.3. The summed E-state index contributed by atoms with van der Waals surface area (Å²) >= 11 is 0. The highest BCUT2D eigenvalue weighted by Crippen LogP contribution is 2.36. The fraction of sp³-hybridized carbons (Fsp3) is 0.464. The molecule has 0 radical (unpaired) electrons. The zero-order valence-corrected chi connectivity index (χ0v) is 23.3. The van der Waals surface area contributed by atoms with Crippen LogP contribution in [-0.4, -0.2) is 71.7 Å². The summed E-state index contributed by atoms with van der Waals surface area (Å²) in [6.45, 7) is 11.8. The molecule has 208 valence electrons. The number of halogens is 1. The van der Waals surface area contributed by atoms with Crippen molar-refractivity contribution in [3.05, 3.63) is 41.1 Å². The lowest BCUT2D eigenvalue weighted by molar-refractivity contribution is 0.132. The van der Waals surface area contributed by atoms with Crippen molar-refractivity contribution < 1.29 is 19.0 Å². The van der Waals surface area contributed by atoms with Gasteiger partial charge in [-0.15, -0.1) is 5.10 Å². The Labute approximate surface area is 227 Å². The minimum absolute atomic E-state index is 0.0633. The van der Waals surface area contributed by atoms with Gasteiger partial charge in [0.2, 0.25) is 11.8 Å². The van der Waals surface area contributed by atoms with Crippen molar-refractivity contribution in [2.75, 3.05) is 19.7 Å². The number of nitrogens with one attached hydrogen (secondary N) is 1. The van der Waals surface area contributed by atoms with Gasteiger partial charge >= 0.3 is 0 Å². The maximum atomic E-state index is 15.3. The molecule has 0 aliphatic carbocycles. The second-order valence-corrected chi connectivity index (χ2v) is 10.4. The van der Waals surface area contributed by atoms with Crippen LogP contribution in [0.1, 0.15) is 57.6 Å². The lowest BCUT2D eigenvalue weighted by Crippen LogP contribution is -2.35. The van der Waals surface area contributed by atoms with Gasteiger partial charge in [-0.2, -0.15) is 10.2 Å². The fourth-order valence-corrected chi connectivity index (χ4v) is 4.95. The number of aryl methyl sites for hydroxylation is 1. The maximum absolute atomic E-state index is 15.3. The van der Waals surface area contributed by atoms with Crippen LogP contribution in [0.25, 0.3) is 34.2 Å². The van der Waals surface area contributed by atoms with E-state index in [0.29, 0.717) is 47.2 Å². The predicted octanol–water partition coefficient (Wildman–Crippen LogP) is 4.41. The molecule has 4 heterocycles. The minimum atomic E-state index is -0.388. The highest BCUT2D eigenvalue weighted by atomic mass is 19.1. The van der Waals surface area contributed by atoms with Gasteiger partial charge in [0.25, 0.3) is 0 Å². The van der Waals surface area contributed by atoms with Crippen LogP contribution in [0.3, 0.4) is 0 Å². The van der Waals surface area contributed by atoms with E-state index in [1.165, 1.54) is 6.07 Å². The van der Waals surface area contributed by atoms with Gasteiger partial charge in [-0.3, -0.25) is 14.7 Å². The average molecular weight is 538 g/mol. The Morgan fingerprint density at radius 3 is 2.74 bits per heavy atom. The summed E-state index contributed by atoms with van der Waals surface area (Å²) in [6, 6.07) is 2.98. The van der Waals surface area contributed by atoms with E-state index in [0.717, 1.165) is 23.2 Å². The summed E-state index contributed by atoms with van der Waals surface area (Å²) in [5.41, 5.74) is 3.95. The number of ether oxygens (including phenoxy) is 2. The van der Waals surface area contributed by atoms with Crippen LogP contribution < -0.4 is 9.47 Å². The van der Waals surface area contributed by atoms with Gasteiger partial charge in [0.1, 0.15) is 11.9 Å². The molecule has 4 aromatic rings. The van der Waals surface area contributed by atoms with Gasteiger partial charge in [0, 0.05) is 37.2 Å². The summed E-state index contributed by atoms with van der Waals surface area (Å²) in [4.78, 5) is 2.25. The molecule has 1 aliphatic heterocycles. The third-order valence-electron chi connectivity index (χ3n) is 6.96. The topological polar surface area (TPSA) is 106 Å². The van der Waals surface area contributed by atoms with Crippen LogP contribution in [0.2, 0.25) is 0 Å². The van der Waals surface area contributed by atoms with Gasteiger partial charge in [-0.25, -0.2) is 9.07 Å². The molecule has 2 atom stereocenters. The summed E-state index contributed by atoms with van der Waals surface area (Å²) in [6.07, 6.45) is 5.15. The Hall–Kier alpha value is -3.70. The highest BCUT2D eigenvalue weighted by molar-refractivity contribution is 5.93. The first-order valence-corrected chi connectivity index (χ1v) is 13.4. The number of fused-ring (bicyclic) bond motifs is 4. The molecule has 1 aliphatic rings. The molecule has 0 unspecified atom stereocenters. The molecule has 0 saturated heterocycles. The number of hydrogen-bond donors (Lipinski definition) is 2. The zero-order valence-electron chi connectivity index (χ0n) is 23.3. The van der Waals surface area contributed by atoms with Crippen molar-refractivity contribution >= 4 is 23.1 Å². The smallest absolute Gasteiger partial charge is 0.240 e. The monoisotopic (exact) mass is 537 g/mol. The molecule has 3 aromatic heterocycles. The van der Waals surface area contributed by atoms with Crippen molar-refractivity contribution in [2.45, 2.75) is 59.4 Å². The van der Waals surface area contributed by atoms with Crippen molar-refractivity contribution in [3.63, 3.8) is 0 Å². The van der Waals surface area contributed by atoms with E-state index >= 15 is 4.39 Å². The van der Waals surface area contributed by atoms with Crippen LogP contribution in [0.15, 0.2) is 18.3 Å². The number of aromatic nitrogens is 6. The lowest BCUT2D eigenvalue weighted by Gasteiger charge is -2.26. The maximum Gasteiger partial charge on any atom is 0.240 e. The second-order valence-electron chi connectivity index (χ2n) is 10.4. The molecule has 2 bridgehead atoms. The lowest BCUT2D eigenvalue weighted by atomic mass is 10.0. The summed E-state index contributed by atoms with van der Waals surface area (Å²) in [7, 11) is 1.79. The minimum Gasteiger partial charge on any atom is -0.473 e. The van der Waals surface area contributed by atoms with Crippen molar-refractivity contribution in [2.24, 2.45) is 7.05 Å². The highest BCUT2D eigenvalue weighted by Gasteiger charge is 2.26. The van der Waals surface area contributed by atoms with Gasteiger partial charge in [0.15, 0.2) is 0 Å². The van der Waals surface area contributed by atoms with E-state index in [4.69, 9.17) is 14.6 Å². The third kappa shape index (κ3) is 5.16. The average Bonchev–Trinajstić information content (AvgIpc) is 3.56. The Bertz CT molecular complexity index is 1500. The van der Waals surface area contributed by atoms with Crippen LogP contribution in [0, 0.1) is 5.82 Å². The number of likely N-dealkylation sites (N-methyl/N-ethyl adjacent to an activating group) is 1. The Balaban J connectivity index is 1.74. The number of aliphatic hydroxyl groups excluding tert-OH is 1. The molecular formula is C28H36FN7O3. The second kappa shape index (κ2) is 10.8. The Kier molecular flexibility index (Phi) is 7.46. The van der Waals surface area contributed by atoms with E-state index in [9.17, 15) is 5.11 Å². The van der Waals surface area contributed by atoms with Crippen LogP contribution >= 0.6 is 0 Å². The number of rotatable bonds is 5. The SMILES string of the molecule is CCN1Cc2c(c(OC(C)C)nn2[C@@H](C)CO)/C=C/c2n[nH]c3cc(F)c(cc23)-c2cnn(C)c2O[C@@H](C)C1. The first-order valence-electron chi connectivity index (χ1n) is 13.4. The van der Waals surface area contributed by atoms with Crippen molar-refractivity contribution in [3.8, 4) is 22.9 Å². The quantitative estimate of drug-likeness (QED) is 0.388. The first-order chi connectivity index (χ1) is 18.7. The Morgan fingerprint density at radius 2 is 2.03 bits per heavy atom. The molecule has 39 heavy (non-hydrogen) atoms. The number of aromatic amines is 1. The fourth-order valence-electron chi connectivity index (χ4n) is 4.95. The van der Waals surface area contributed by atoms with Crippen LogP contribution in [0.4, 0.5) is 4.39 Å². The number of hydrogen-bond acceptors (Lipinski definition) is 7. The first kappa shape index (κ1) is 26.9. The van der Waals surface area contributed by atoms with Gasteiger partial charge in [-0.1, -0.05) is 6.92 Å². The number of benzene rings is 1. The van der Waals surface area contributed by atoms with E-state index < -0.39 is 0 Å². The molecule has 1 aromatic carbocycles. The van der Waals surface area contributed by atoms with Gasteiger partial charge in [-0.05, 0) is 52.5 Å². The summed E-state index contributed by atoms with van der Waals surface area (Å²) in [5.74, 6) is 0.603. The van der Waals surface area contributed by atoms with E-state index in [-0.39, 0.29) is 30.7 Å². The van der Waals surface area contributed by atoms with Crippen molar-refractivity contribution in [1.29, 1.82) is 0 Å². The van der Waals surface area contributed by atoms with E-state index in [1.54, 1.807) is 24.0 Å². The van der Waals surface area contributed by atoms with Crippen LogP contribution in [-0.2, 0) is 13.6 Å². The van der Waals surface area contributed by atoms with E-state index in [1.807, 2.05) is 44.5 Å². The number of H-pyrrole nitrogens is 1. The van der Waals surface area contributed by atoms with Gasteiger partial charge in [0.05, 0.1) is 53.0 Å². The van der Waals surface area contributed by atoms with Crippen LogP contribution in [0.5, 0.6) is 11.8 Å². The number of aliphatic hydroxyl groups is 1. The predicted molar refractivity (Wildman–Crippen MR) is 148 cm³/mol. The molecule has 11 heteroatoms. The van der Waals surface area contributed by atoms with Crippen molar-refractivity contribution in [1.82, 2.24) is 34.7 Å². The summed E-state index contributed by atoms with van der Waals surface area (Å²) in [5, 5.41) is 27.3.